The van der Waals surface area contributed by atoms with E-state index in [1.54, 1.807) is 0 Å². The number of hydrogen-bond acceptors (Lipinski definition) is 1. The van der Waals surface area contributed by atoms with Crippen LogP contribution in [0.2, 0.25) is 0 Å². The SMILES string of the molecule is OC(CCl)(C(F)(F)F)C(F)(F)F. The van der Waals surface area contributed by atoms with E-state index in [1.165, 1.54) is 0 Å². The fraction of sp³-hybridized carbons (Fsp3) is 1.00. The number of halogens is 7. The Bertz CT molecular complexity index is 146. The zero-order chi connectivity index (χ0) is 10.2. The van der Waals surface area contributed by atoms with E-state index in [1.807, 2.05) is 0 Å². The lowest BCUT2D eigenvalue weighted by Gasteiger charge is -2.29. The summed E-state index contributed by atoms with van der Waals surface area (Å²) >= 11 is 4.39. The van der Waals surface area contributed by atoms with E-state index in [2.05, 4.69) is 11.6 Å². The predicted molar refractivity (Wildman–Crippen MR) is 27.8 cm³/mol. The minimum atomic E-state index is -5.81. The molecule has 0 aromatic carbocycles. The molecule has 0 fully saturated rings. The molecule has 12 heavy (non-hydrogen) atoms. The maximum absolute atomic E-state index is 11.5. The molecule has 0 radical (unpaired) electrons. The molecule has 1 N–H and O–H groups in total. The first-order valence-electron chi connectivity index (χ1n) is 2.48. The van der Waals surface area contributed by atoms with Crippen molar-refractivity contribution in [3.05, 3.63) is 0 Å². The Morgan fingerprint density at radius 2 is 1.17 bits per heavy atom. The maximum Gasteiger partial charge on any atom is 0.427 e. The quantitative estimate of drug-likeness (QED) is 0.526. The van der Waals surface area contributed by atoms with E-state index < -0.39 is 23.8 Å². The molecule has 0 aromatic rings. The Morgan fingerprint density at radius 3 is 1.17 bits per heavy atom. The van der Waals surface area contributed by atoms with E-state index in [9.17, 15) is 26.3 Å². The van der Waals surface area contributed by atoms with Gasteiger partial charge in [0.05, 0.1) is 5.88 Å². The summed E-state index contributed by atoms with van der Waals surface area (Å²) in [7, 11) is 0. The lowest BCUT2D eigenvalue weighted by molar-refractivity contribution is -0.359. The van der Waals surface area contributed by atoms with Crippen LogP contribution in [0.15, 0.2) is 0 Å². The molecular weight excluding hydrogens is 213 g/mol. The van der Waals surface area contributed by atoms with Crippen LogP contribution in [0.1, 0.15) is 0 Å². The minimum Gasteiger partial charge on any atom is -0.373 e. The number of rotatable bonds is 1. The van der Waals surface area contributed by atoms with Crippen LogP contribution in [0.3, 0.4) is 0 Å². The highest BCUT2D eigenvalue weighted by Gasteiger charge is 2.69. The average Bonchev–Trinajstić information content (AvgIpc) is 1.81. The van der Waals surface area contributed by atoms with Crippen LogP contribution >= 0.6 is 11.6 Å². The molecule has 0 saturated carbocycles. The van der Waals surface area contributed by atoms with Crippen molar-refractivity contribution in [2.75, 3.05) is 5.88 Å². The second kappa shape index (κ2) is 2.95. The Hall–Kier alpha value is -0.170. The van der Waals surface area contributed by atoms with Crippen LogP contribution in [0.25, 0.3) is 0 Å². The van der Waals surface area contributed by atoms with Gasteiger partial charge in [-0.3, -0.25) is 0 Å². The zero-order valence-electron chi connectivity index (χ0n) is 5.30. The zero-order valence-corrected chi connectivity index (χ0v) is 6.06. The third kappa shape index (κ3) is 1.77. The standard InChI is InChI=1S/C4H3ClF6O/c5-1-2(12,3(6,7)8)4(9,10)11/h12H,1H2. The topological polar surface area (TPSA) is 20.2 Å². The summed E-state index contributed by atoms with van der Waals surface area (Å²) in [5, 5.41) is 8.11. The molecule has 0 heterocycles. The molecule has 1 nitrogen and oxygen atoms in total. The van der Waals surface area contributed by atoms with Gasteiger partial charge in [0.25, 0.3) is 5.60 Å². The molecule has 0 atom stereocenters. The number of alkyl halides is 7. The van der Waals surface area contributed by atoms with Crippen molar-refractivity contribution in [2.45, 2.75) is 18.0 Å². The molecule has 0 rings (SSSR count). The Labute approximate surface area is 67.9 Å². The van der Waals surface area contributed by atoms with Gasteiger partial charge in [-0.25, -0.2) is 0 Å². The van der Waals surface area contributed by atoms with Gasteiger partial charge in [-0.1, -0.05) is 0 Å². The maximum atomic E-state index is 11.5. The first-order chi connectivity index (χ1) is 5.06. The molecule has 0 aliphatic heterocycles. The summed E-state index contributed by atoms with van der Waals surface area (Å²) in [4.78, 5) is 0. The van der Waals surface area contributed by atoms with E-state index in [-0.39, 0.29) is 0 Å². The molecule has 0 unspecified atom stereocenters. The van der Waals surface area contributed by atoms with Gasteiger partial charge >= 0.3 is 12.4 Å². The van der Waals surface area contributed by atoms with Gasteiger partial charge < -0.3 is 5.11 Å². The molecule has 74 valence electrons. The third-order valence-electron chi connectivity index (χ3n) is 1.13. The van der Waals surface area contributed by atoms with Crippen molar-refractivity contribution in [2.24, 2.45) is 0 Å². The molecular formula is C4H3ClF6O. The van der Waals surface area contributed by atoms with Crippen LogP contribution < -0.4 is 0 Å². The van der Waals surface area contributed by atoms with Crippen molar-refractivity contribution in [1.29, 1.82) is 0 Å². The van der Waals surface area contributed by atoms with Crippen LogP contribution in [0.4, 0.5) is 26.3 Å². The van der Waals surface area contributed by atoms with Crippen molar-refractivity contribution >= 4 is 11.6 Å². The minimum absolute atomic E-state index is 1.97. The van der Waals surface area contributed by atoms with Gasteiger partial charge in [0.15, 0.2) is 0 Å². The summed E-state index contributed by atoms with van der Waals surface area (Å²) in [6.45, 7) is 0. The van der Waals surface area contributed by atoms with Gasteiger partial charge in [0.1, 0.15) is 0 Å². The third-order valence-corrected chi connectivity index (χ3v) is 1.52. The predicted octanol–water partition coefficient (Wildman–Crippen LogP) is 2.08. The van der Waals surface area contributed by atoms with Gasteiger partial charge in [0, 0.05) is 0 Å². The first-order valence-corrected chi connectivity index (χ1v) is 3.01. The average molecular weight is 217 g/mol. The summed E-state index contributed by atoms with van der Waals surface area (Å²) in [5.41, 5.74) is -4.82. The summed E-state index contributed by atoms with van der Waals surface area (Å²) in [6, 6.07) is 0. The Kier molecular flexibility index (Phi) is 2.91. The van der Waals surface area contributed by atoms with E-state index in [0.29, 0.717) is 0 Å². The summed E-state index contributed by atoms with van der Waals surface area (Å²) in [6.07, 6.45) is -11.6. The summed E-state index contributed by atoms with van der Waals surface area (Å²) in [5.74, 6) is -1.97. The van der Waals surface area contributed by atoms with E-state index in [4.69, 9.17) is 5.11 Å². The van der Waals surface area contributed by atoms with Crippen molar-refractivity contribution in [3.8, 4) is 0 Å². The van der Waals surface area contributed by atoms with Crippen LogP contribution in [-0.2, 0) is 0 Å². The molecule has 0 bridgehead atoms. The summed E-state index contributed by atoms with van der Waals surface area (Å²) < 4.78 is 69.3. The lowest BCUT2D eigenvalue weighted by atomic mass is 10.1. The molecule has 0 spiro atoms. The number of hydrogen-bond donors (Lipinski definition) is 1. The molecule has 0 saturated heterocycles. The smallest absolute Gasteiger partial charge is 0.373 e. The normalized spacial score (nSPS) is 15.0. The molecule has 0 aliphatic rings. The van der Waals surface area contributed by atoms with Crippen molar-refractivity contribution < 1.29 is 31.4 Å². The van der Waals surface area contributed by atoms with Crippen LogP contribution in [-0.4, -0.2) is 28.9 Å². The molecule has 0 aliphatic carbocycles. The monoisotopic (exact) mass is 216 g/mol. The van der Waals surface area contributed by atoms with Crippen LogP contribution in [0, 0.1) is 0 Å². The molecule has 0 aromatic heterocycles. The number of aliphatic hydroxyl groups is 1. The fourth-order valence-electron chi connectivity index (χ4n) is 0.312. The highest BCUT2D eigenvalue weighted by Crippen LogP contribution is 2.43. The Balaban J connectivity index is 4.95. The highest BCUT2D eigenvalue weighted by molar-refractivity contribution is 6.18. The van der Waals surface area contributed by atoms with Gasteiger partial charge in [-0.2, -0.15) is 26.3 Å². The first kappa shape index (κ1) is 11.8. The van der Waals surface area contributed by atoms with E-state index in [0.717, 1.165) is 0 Å². The largest absolute Gasteiger partial charge is 0.427 e. The molecule has 8 heteroatoms. The van der Waals surface area contributed by atoms with Gasteiger partial charge in [-0.15, -0.1) is 11.6 Å². The van der Waals surface area contributed by atoms with Gasteiger partial charge in [0.2, 0.25) is 0 Å². The second-order valence-corrected chi connectivity index (χ2v) is 2.26. The second-order valence-electron chi connectivity index (χ2n) is 1.99. The molecule has 0 amide bonds. The van der Waals surface area contributed by atoms with Gasteiger partial charge in [-0.05, 0) is 0 Å². The van der Waals surface area contributed by atoms with Crippen molar-refractivity contribution in [1.82, 2.24) is 0 Å². The van der Waals surface area contributed by atoms with Crippen molar-refractivity contribution in [3.63, 3.8) is 0 Å². The highest BCUT2D eigenvalue weighted by atomic mass is 35.5. The Morgan fingerprint density at radius 1 is 0.917 bits per heavy atom. The fourth-order valence-corrected chi connectivity index (χ4v) is 0.615. The van der Waals surface area contributed by atoms with E-state index >= 15 is 0 Å². The lowest BCUT2D eigenvalue weighted by Crippen LogP contribution is -2.58. The van der Waals surface area contributed by atoms with Crippen LogP contribution in [0.5, 0.6) is 0 Å².